The summed E-state index contributed by atoms with van der Waals surface area (Å²) in [4.78, 5) is 4.72. The van der Waals surface area contributed by atoms with Crippen molar-refractivity contribution in [2.24, 2.45) is 0 Å². The molecule has 2 aromatic carbocycles. The molecule has 0 aliphatic carbocycles. The lowest BCUT2D eigenvalue weighted by molar-refractivity contribution is 0.722. The molecule has 2 N–H and O–H groups in total. The largest absolute Gasteiger partial charge is 0.383 e. The van der Waals surface area contributed by atoms with Crippen LogP contribution >= 0.6 is 11.6 Å². The van der Waals surface area contributed by atoms with Crippen LogP contribution in [0.25, 0.3) is 11.0 Å². The Morgan fingerprint density at radius 2 is 2.00 bits per heavy atom. The number of imidazole rings is 1. The van der Waals surface area contributed by atoms with Gasteiger partial charge in [-0.1, -0.05) is 35.9 Å². The molecule has 0 bridgehead atoms. The van der Waals surface area contributed by atoms with E-state index in [1.54, 1.807) is 0 Å². The van der Waals surface area contributed by atoms with Crippen LogP contribution in [0.4, 0.5) is 5.69 Å². The molecular weight excluding hydrogens is 356 g/mol. The second kappa shape index (κ2) is 7.49. The van der Waals surface area contributed by atoms with Crippen LogP contribution in [-0.2, 0) is 6.54 Å². The van der Waals surface area contributed by atoms with Gasteiger partial charge in [-0.25, -0.2) is 4.98 Å². The average molecular weight is 379 g/mol. The molecule has 1 atom stereocenters. The van der Waals surface area contributed by atoms with Crippen LogP contribution in [0, 0.1) is 13.8 Å². The van der Waals surface area contributed by atoms with Crippen molar-refractivity contribution < 1.29 is 0 Å². The van der Waals surface area contributed by atoms with Crippen molar-refractivity contribution in [2.45, 2.75) is 26.4 Å². The summed E-state index contributed by atoms with van der Waals surface area (Å²) >= 11 is 6.00. The quantitative estimate of drug-likeness (QED) is 0.669. The van der Waals surface area contributed by atoms with E-state index in [2.05, 4.69) is 59.4 Å². The van der Waals surface area contributed by atoms with Gasteiger partial charge < -0.3 is 15.2 Å². The molecule has 0 fully saturated rings. The van der Waals surface area contributed by atoms with Gasteiger partial charge in [-0.3, -0.25) is 0 Å². The van der Waals surface area contributed by atoms with E-state index in [4.69, 9.17) is 16.6 Å². The molecule has 4 rings (SSSR count). The Hall–Kier alpha value is -2.72. The molecule has 3 aromatic rings. The highest BCUT2D eigenvalue weighted by molar-refractivity contribution is 6.30. The summed E-state index contributed by atoms with van der Waals surface area (Å²) in [6.45, 7) is 5.89. The normalized spacial score (nSPS) is 15.9. The van der Waals surface area contributed by atoms with E-state index in [0.29, 0.717) is 0 Å². The highest BCUT2D eigenvalue weighted by Crippen LogP contribution is 2.29. The van der Waals surface area contributed by atoms with Gasteiger partial charge >= 0.3 is 0 Å². The van der Waals surface area contributed by atoms with Crippen LogP contribution in [0.3, 0.4) is 0 Å². The first-order valence-electron chi connectivity index (χ1n) is 9.14. The van der Waals surface area contributed by atoms with E-state index in [1.165, 1.54) is 16.7 Å². The van der Waals surface area contributed by atoms with Crippen molar-refractivity contribution in [3.05, 3.63) is 82.8 Å². The van der Waals surface area contributed by atoms with Gasteiger partial charge in [0.2, 0.25) is 0 Å². The van der Waals surface area contributed by atoms with Gasteiger partial charge in [0.1, 0.15) is 5.52 Å². The highest BCUT2D eigenvalue weighted by atomic mass is 35.5. The molecule has 0 saturated carbocycles. The van der Waals surface area contributed by atoms with Crippen molar-refractivity contribution in [1.29, 1.82) is 0 Å². The van der Waals surface area contributed by atoms with Crippen molar-refractivity contribution >= 4 is 28.3 Å². The third-order valence-electron chi connectivity index (χ3n) is 5.06. The van der Waals surface area contributed by atoms with Gasteiger partial charge in [0.05, 0.1) is 23.6 Å². The zero-order chi connectivity index (χ0) is 18.8. The molecule has 1 aliphatic heterocycles. The van der Waals surface area contributed by atoms with Crippen molar-refractivity contribution in [3.8, 4) is 0 Å². The minimum atomic E-state index is 0.279. The third-order valence-corrected chi connectivity index (χ3v) is 5.31. The zero-order valence-corrected chi connectivity index (χ0v) is 16.3. The molecule has 0 radical (unpaired) electrons. The Balaban J connectivity index is 1.64. The number of hydrogen-bond donors (Lipinski definition) is 2. The number of aromatic nitrogens is 2. The molecule has 138 valence electrons. The molecular formula is C22H23ClN4. The molecule has 0 saturated heterocycles. The number of aryl methyl sites for hydroxylation is 1. The Morgan fingerprint density at radius 3 is 2.74 bits per heavy atom. The standard InChI is InChI=1S/C22H23ClN4/c1-15-11-20-22(21(16(15)2)25-12-19-5-3-4-10-24-19)26-14-27(20)13-17-6-8-18(23)9-7-17/h3-11,14,19,24-25H,12-13H2,1-2H3. The van der Waals surface area contributed by atoms with E-state index in [9.17, 15) is 0 Å². The van der Waals surface area contributed by atoms with E-state index < -0.39 is 0 Å². The zero-order valence-electron chi connectivity index (χ0n) is 15.5. The Morgan fingerprint density at radius 1 is 1.19 bits per heavy atom. The summed E-state index contributed by atoms with van der Waals surface area (Å²) in [6.07, 6.45) is 10.1. The predicted octanol–water partition coefficient (Wildman–Crippen LogP) is 4.81. The number of nitrogens with zero attached hydrogens (tertiary/aromatic N) is 2. The predicted molar refractivity (Wildman–Crippen MR) is 113 cm³/mol. The number of dihydropyridines is 1. The lowest BCUT2D eigenvalue weighted by Gasteiger charge is -2.19. The number of hydrogen-bond acceptors (Lipinski definition) is 3. The summed E-state index contributed by atoms with van der Waals surface area (Å²) < 4.78 is 2.19. The number of nitrogens with one attached hydrogen (secondary N) is 2. The van der Waals surface area contributed by atoms with E-state index in [-0.39, 0.29) is 6.04 Å². The second-order valence-corrected chi connectivity index (χ2v) is 7.39. The molecule has 4 nitrogen and oxygen atoms in total. The third kappa shape index (κ3) is 3.71. The van der Waals surface area contributed by atoms with Crippen LogP contribution in [-0.4, -0.2) is 22.1 Å². The Kier molecular flexibility index (Phi) is 4.90. The van der Waals surface area contributed by atoms with Gasteiger partial charge in [-0.2, -0.15) is 0 Å². The van der Waals surface area contributed by atoms with Crippen LogP contribution in [0.2, 0.25) is 5.02 Å². The van der Waals surface area contributed by atoms with Gasteiger partial charge in [0, 0.05) is 18.1 Å². The lowest BCUT2D eigenvalue weighted by atomic mass is 10.1. The monoisotopic (exact) mass is 378 g/mol. The van der Waals surface area contributed by atoms with Crippen LogP contribution in [0.15, 0.2) is 61.1 Å². The topological polar surface area (TPSA) is 41.9 Å². The molecule has 0 spiro atoms. The van der Waals surface area contributed by atoms with Crippen LogP contribution in [0.5, 0.6) is 0 Å². The maximum atomic E-state index is 6.00. The number of allylic oxidation sites excluding steroid dienone is 2. The van der Waals surface area contributed by atoms with Gasteiger partial charge in [-0.15, -0.1) is 0 Å². The van der Waals surface area contributed by atoms with Crippen LogP contribution < -0.4 is 10.6 Å². The fraction of sp³-hybridized carbons (Fsp3) is 0.227. The molecule has 2 heterocycles. The fourth-order valence-corrected chi connectivity index (χ4v) is 3.51. The van der Waals surface area contributed by atoms with E-state index in [0.717, 1.165) is 34.8 Å². The number of benzene rings is 2. The first-order chi connectivity index (χ1) is 13.1. The van der Waals surface area contributed by atoms with Gasteiger partial charge in [0.15, 0.2) is 0 Å². The number of halogens is 1. The summed E-state index contributed by atoms with van der Waals surface area (Å²) in [5, 5.41) is 7.71. The number of rotatable bonds is 5. The van der Waals surface area contributed by atoms with E-state index in [1.807, 2.05) is 30.7 Å². The summed E-state index contributed by atoms with van der Waals surface area (Å²) in [5.41, 5.74) is 6.98. The molecule has 1 unspecified atom stereocenters. The highest BCUT2D eigenvalue weighted by Gasteiger charge is 2.14. The van der Waals surface area contributed by atoms with Crippen molar-refractivity contribution in [1.82, 2.24) is 14.9 Å². The first kappa shape index (κ1) is 17.7. The molecule has 0 amide bonds. The minimum Gasteiger partial charge on any atom is -0.383 e. The Labute approximate surface area is 164 Å². The molecule has 27 heavy (non-hydrogen) atoms. The molecule has 5 heteroatoms. The number of fused-ring (bicyclic) bond motifs is 1. The van der Waals surface area contributed by atoms with Crippen LogP contribution in [0.1, 0.15) is 16.7 Å². The summed E-state index contributed by atoms with van der Waals surface area (Å²) in [6, 6.07) is 10.5. The summed E-state index contributed by atoms with van der Waals surface area (Å²) in [5.74, 6) is 0. The first-order valence-corrected chi connectivity index (χ1v) is 9.52. The minimum absolute atomic E-state index is 0.279. The SMILES string of the molecule is Cc1cc2c(ncn2Cc2ccc(Cl)cc2)c(NCC2C=CC=CN2)c1C. The summed E-state index contributed by atoms with van der Waals surface area (Å²) in [7, 11) is 0. The smallest absolute Gasteiger partial charge is 0.112 e. The maximum absolute atomic E-state index is 6.00. The van der Waals surface area contributed by atoms with Gasteiger partial charge in [-0.05, 0) is 61.0 Å². The lowest BCUT2D eigenvalue weighted by Crippen LogP contribution is -2.31. The maximum Gasteiger partial charge on any atom is 0.112 e. The van der Waals surface area contributed by atoms with Gasteiger partial charge in [0.25, 0.3) is 0 Å². The van der Waals surface area contributed by atoms with Crippen molar-refractivity contribution in [3.63, 3.8) is 0 Å². The fourth-order valence-electron chi connectivity index (χ4n) is 3.38. The van der Waals surface area contributed by atoms with Crippen molar-refractivity contribution in [2.75, 3.05) is 11.9 Å². The Bertz CT molecular complexity index is 1010. The molecule has 1 aromatic heterocycles. The number of anilines is 1. The van der Waals surface area contributed by atoms with E-state index >= 15 is 0 Å². The average Bonchev–Trinajstić information content (AvgIpc) is 3.07. The molecule has 1 aliphatic rings. The second-order valence-electron chi connectivity index (χ2n) is 6.96.